The van der Waals surface area contributed by atoms with Crippen LogP contribution in [0.1, 0.15) is 23.1 Å². The summed E-state index contributed by atoms with van der Waals surface area (Å²) in [4.78, 5) is 73.5. The third-order valence-corrected chi connectivity index (χ3v) is 8.96. The van der Waals surface area contributed by atoms with Crippen LogP contribution in [0, 0.1) is 0 Å². The zero-order valence-corrected chi connectivity index (χ0v) is 26.8. The number of rotatable bonds is 8. The number of aromatic amines is 1. The van der Waals surface area contributed by atoms with E-state index in [0.29, 0.717) is 11.1 Å². The van der Waals surface area contributed by atoms with Crippen LogP contribution in [0.25, 0.3) is 16.5 Å². The van der Waals surface area contributed by atoms with E-state index >= 15 is 0 Å². The molecule has 0 aliphatic carbocycles. The van der Waals surface area contributed by atoms with Crippen LogP contribution in [0.4, 0.5) is 0 Å². The van der Waals surface area contributed by atoms with E-state index in [1.54, 1.807) is 6.20 Å². The molecule has 2 fully saturated rings. The third kappa shape index (κ3) is 7.39. The van der Waals surface area contributed by atoms with Gasteiger partial charge in [-0.25, -0.2) is 0 Å². The molecule has 2 aliphatic rings. The van der Waals surface area contributed by atoms with Gasteiger partial charge in [-0.15, -0.1) is 0 Å². The number of fused-ring (bicyclic) bond motifs is 2. The third-order valence-electron chi connectivity index (χ3n) is 8.96. The quantitative estimate of drug-likeness (QED) is 0.178. The molecule has 4 aromatic rings. The maximum Gasteiger partial charge on any atom is 0.320 e. The SMILES string of the molecule is C=C(c1c[nH]c2ccccc12)[C@H]1NC(=O)[C@H](Cc2ccccc2)NC(=O)[C@H]2C[C@@H](OC(=O)CN)CN2C(=O)[C@H](Cc2ccccc2)NC1=O. The van der Waals surface area contributed by atoms with Gasteiger partial charge < -0.3 is 36.3 Å². The summed E-state index contributed by atoms with van der Waals surface area (Å²) < 4.78 is 5.47. The molecule has 0 saturated carbocycles. The van der Waals surface area contributed by atoms with Crippen molar-refractivity contribution < 1.29 is 28.7 Å². The summed E-state index contributed by atoms with van der Waals surface area (Å²) in [5, 5.41) is 9.36. The van der Waals surface area contributed by atoms with E-state index in [-0.39, 0.29) is 32.4 Å². The van der Waals surface area contributed by atoms with Crippen molar-refractivity contribution in [2.75, 3.05) is 13.1 Å². The molecule has 252 valence electrons. The molecule has 0 radical (unpaired) electrons. The minimum atomic E-state index is -1.31. The summed E-state index contributed by atoms with van der Waals surface area (Å²) in [5.41, 5.74) is 8.73. The Balaban J connectivity index is 1.40. The van der Waals surface area contributed by atoms with Gasteiger partial charge >= 0.3 is 5.97 Å². The Bertz CT molecular complexity index is 1880. The fourth-order valence-electron chi connectivity index (χ4n) is 6.49. The van der Waals surface area contributed by atoms with Crippen molar-refractivity contribution in [3.8, 4) is 0 Å². The molecule has 5 atom stereocenters. The summed E-state index contributed by atoms with van der Waals surface area (Å²) in [7, 11) is 0. The Morgan fingerprint density at radius 2 is 1.41 bits per heavy atom. The van der Waals surface area contributed by atoms with Crippen molar-refractivity contribution >= 4 is 46.1 Å². The molecule has 0 spiro atoms. The first-order valence-electron chi connectivity index (χ1n) is 16.2. The first-order valence-corrected chi connectivity index (χ1v) is 16.2. The molecule has 3 heterocycles. The number of aromatic nitrogens is 1. The number of hydrogen-bond acceptors (Lipinski definition) is 7. The van der Waals surface area contributed by atoms with Gasteiger partial charge in [-0.05, 0) is 22.8 Å². The number of ether oxygens (including phenoxy) is 1. The molecule has 4 amide bonds. The summed E-state index contributed by atoms with van der Waals surface area (Å²) >= 11 is 0. The first-order chi connectivity index (χ1) is 23.7. The number of nitrogens with two attached hydrogens (primary N) is 1. The van der Waals surface area contributed by atoms with Crippen molar-refractivity contribution in [2.45, 2.75) is 49.5 Å². The number of nitrogens with one attached hydrogen (secondary N) is 4. The van der Waals surface area contributed by atoms with Crippen LogP contribution in [0.5, 0.6) is 0 Å². The Morgan fingerprint density at radius 1 is 0.796 bits per heavy atom. The highest BCUT2D eigenvalue weighted by molar-refractivity contribution is 6.06. The van der Waals surface area contributed by atoms with Crippen molar-refractivity contribution in [3.63, 3.8) is 0 Å². The lowest BCUT2D eigenvalue weighted by atomic mass is 9.96. The molecule has 1 aromatic heterocycles. The highest BCUT2D eigenvalue weighted by atomic mass is 16.5. The number of benzene rings is 3. The molecule has 6 rings (SSSR count). The number of esters is 1. The monoisotopic (exact) mass is 662 g/mol. The van der Waals surface area contributed by atoms with Crippen molar-refractivity contribution in [1.29, 1.82) is 0 Å². The number of carbonyl (C=O) groups excluding carboxylic acids is 5. The lowest BCUT2D eigenvalue weighted by Gasteiger charge is -2.32. The van der Waals surface area contributed by atoms with E-state index in [1.807, 2.05) is 84.9 Å². The molecular weight excluding hydrogens is 624 g/mol. The van der Waals surface area contributed by atoms with Crippen molar-refractivity contribution in [2.24, 2.45) is 5.73 Å². The average Bonchev–Trinajstić information content (AvgIpc) is 3.74. The number of H-pyrrole nitrogens is 1. The largest absolute Gasteiger partial charge is 0.459 e. The fraction of sp³-hybridized carbons (Fsp3) is 0.270. The van der Waals surface area contributed by atoms with Gasteiger partial charge in [0.25, 0.3) is 0 Å². The molecule has 2 aliphatic heterocycles. The molecule has 12 heteroatoms. The average molecular weight is 663 g/mol. The number of amides is 4. The standard InChI is InChI=1S/C37H38N6O6/c1-22(27-20-39-28-15-9-8-14-26(27)28)33-36(47)41-30(17-24-12-6-3-7-13-24)37(48)43-21-25(49-32(44)19-38)18-31(43)35(46)40-29(34(45)42-33)16-23-10-4-2-5-11-23/h2-15,20,25,29-31,33,39H,1,16-19,21,38H2,(H,40,46)(H,41,47)(H,42,45)/t25-,29+,30+,31-,33-/m1/s1. The normalized spacial score (nSPS) is 23.0. The van der Waals surface area contributed by atoms with Gasteiger partial charge in [-0.1, -0.05) is 85.4 Å². The van der Waals surface area contributed by atoms with E-state index in [2.05, 4.69) is 27.5 Å². The number of carbonyl (C=O) groups is 5. The summed E-state index contributed by atoms with van der Waals surface area (Å²) in [5.74, 6) is -3.06. The van der Waals surface area contributed by atoms with Gasteiger partial charge in [0.05, 0.1) is 13.1 Å². The second kappa shape index (κ2) is 14.6. The molecule has 12 nitrogen and oxygen atoms in total. The Hall–Kier alpha value is -5.75. The zero-order valence-electron chi connectivity index (χ0n) is 26.8. The van der Waals surface area contributed by atoms with Crippen LogP contribution in [0.2, 0.25) is 0 Å². The van der Waals surface area contributed by atoms with Crippen LogP contribution in [-0.4, -0.2) is 82.8 Å². The maximum atomic E-state index is 14.4. The van der Waals surface area contributed by atoms with Crippen LogP contribution in [0.15, 0.2) is 97.7 Å². The fourth-order valence-corrected chi connectivity index (χ4v) is 6.49. The van der Waals surface area contributed by atoms with Crippen LogP contribution < -0.4 is 21.7 Å². The second-order valence-corrected chi connectivity index (χ2v) is 12.3. The van der Waals surface area contributed by atoms with Crippen molar-refractivity contribution in [3.05, 3.63) is 114 Å². The Labute approximate surface area is 283 Å². The van der Waals surface area contributed by atoms with Crippen molar-refractivity contribution in [1.82, 2.24) is 25.8 Å². The molecule has 2 saturated heterocycles. The van der Waals surface area contributed by atoms with Crippen LogP contribution in [-0.2, 0) is 41.6 Å². The number of nitrogens with zero attached hydrogens (tertiary/aromatic N) is 1. The summed E-state index contributed by atoms with van der Waals surface area (Å²) in [6.07, 6.45) is 1.10. The minimum Gasteiger partial charge on any atom is -0.459 e. The van der Waals surface area contributed by atoms with Crippen LogP contribution >= 0.6 is 0 Å². The second-order valence-electron chi connectivity index (χ2n) is 12.3. The molecular formula is C37H38N6O6. The smallest absolute Gasteiger partial charge is 0.320 e. The van der Waals surface area contributed by atoms with E-state index in [4.69, 9.17) is 10.5 Å². The van der Waals surface area contributed by atoms with Gasteiger partial charge in [0.2, 0.25) is 23.6 Å². The molecule has 3 aromatic carbocycles. The van der Waals surface area contributed by atoms with Gasteiger partial charge in [0.1, 0.15) is 30.3 Å². The Morgan fingerprint density at radius 3 is 2.08 bits per heavy atom. The Kier molecular flexibility index (Phi) is 9.86. The minimum absolute atomic E-state index is 0.00497. The zero-order chi connectivity index (χ0) is 34.5. The van der Waals surface area contributed by atoms with Crippen LogP contribution in [0.3, 0.4) is 0 Å². The van der Waals surface area contributed by atoms with E-state index in [1.165, 1.54) is 4.90 Å². The topological polar surface area (TPSA) is 176 Å². The van der Waals surface area contributed by atoms with E-state index in [0.717, 1.165) is 22.0 Å². The maximum absolute atomic E-state index is 14.4. The number of hydrogen-bond donors (Lipinski definition) is 5. The van der Waals surface area contributed by atoms with Gasteiger partial charge in [-0.2, -0.15) is 0 Å². The lowest BCUT2D eigenvalue weighted by molar-refractivity contribution is -0.147. The lowest BCUT2D eigenvalue weighted by Crippen LogP contribution is -2.62. The van der Waals surface area contributed by atoms with E-state index < -0.39 is 59.9 Å². The highest BCUT2D eigenvalue weighted by Crippen LogP contribution is 2.28. The predicted molar refractivity (Wildman–Crippen MR) is 182 cm³/mol. The summed E-state index contributed by atoms with van der Waals surface area (Å²) in [6, 6.07) is 21.1. The molecule has 49 heavy (non-hydrogen) atoms. The molecule has 0 bridgehead atoms. The first kappa shape index (κ1) is 33.2. The van der Waals surface area contributed by atoms with Gasteiger partial charge in [-0.3, -0.25) is 24.0 Å². The summed E-state index contributed by atoms with van der Waals surface area (Å²) in [6.45, 7) is 3.78. The number of para-hydroxylation sites is 1. The molecule has 6 N–H and O–H groups in total. The molecule has 0 unspecified atom stereocenters. The van der Waals surface area contributed by atoms with Gasteiger partial charge in [0, 0.05) is 41.9 Å². The van der Waals surface area contributed by atoms with E-state index in [9.17, 15) is 24.0 Å². The highest BCUT2D eigenvalue weighted by Gasteiger charge is 2.45. The van der Waals surface area contributed by atoms with Gasteiger partial charge in [0.15, 0.2) is 0 Å². The predicted octanol–water partition coefficient (Wildman–Crippen LogP) is 1.61.